The lowest BCUT2D eigenvalue weighted by Crippen LogP contribution is -2.30. The van der Waals surface area contributed by atoms with Gasteiger partial charge in [0.25, 0.3) is 5.91 Å². The van der Waals surface area contributed by atoms with Crippen LogP contribution in [0.2, 0.25) is 5.02 Å². The summed E-state index contributed by atoms with van der Waals surface area (Å²) in [6.45, 7) is 0.423. The first-order chi connectivity index (χ1) is 13.9. The van der Waals surface area contributed by atoms with Crippen LogP contribution in [0.25, 0.3) is 16.9 Å². The second-order valence-corrected chi connectivity index (χ2v) is 7.03. The van der Waals surface area contributed by atoms with E-state index in [1.54, 1.807) is 24.3 Å². The topological polar surface area (TPSA) is 67.2 Å². The number of aldehydes is 1. The molecule has 1 unspecified atom stereocenters. The molecule has 29 heavy (non-hydrogen) atoms. The van der Waals surface area contributed by atoms with Crippen LogP contribution in [0.4, 0.5) is 8.78 Å². The number of carbonyl (C=O) groups is 2. The zero-order valence-corrected chi connectivity index (χ0v) is 15.7. The van der Waals surface area contributed by atoms with Crippen molar-refractivity contribution in [1.82, 2.24) is 20.0 Å². The number of carbonyl (C=O) groups excluding carboxylic acids is 2. The fraction of sp³-hybridized carbons (Fsp3) is 0.150. The van der Waals surface area contributed by atoms with Crippen LogP contribution in [0.5, 0.6) is 0 Å². The van der Waals surface area contributed by atoms with E-state index < -0.39 is 23.6 Å². The minimum Gasteiger partial charge on any atom is -0.322 e. The van der Waals surface area contributed by atoms with E-state index >= 15 is 0 Å². The number of amides is 1. The zero-order chi connectivity index (χ0) is 20.5. The van der Waals surface area contributed by atoms with Crippen LogP contribution in [0.15, 0.2) is 48.5 Å². The second-order valence-electron chi connectivity index (χ2n) is 6.60. The molecule has 3 aromatic rings. The van der Waals surface area contributed by atoms with Gasteiger partial charge in [0.1, 0.15) is 17.9 Å². The number of hydrogen-bond donors (Lipinski definition) is 1. The number of aromatic nitrogens is 2. The van der Waals surface area contributed by atoms with Crippen LogP contribution in [0.3, 0.4) is 0 Å². The van der Waals surface area contributed by atoms with Crippen LogP contribution in [0, 0.1) is 11.6 Å². The Morgan fingerprint density at radius 1 is 1.17 bits per heavy atom. The minimum atomic E-state index is -0.746. The monoisotopic (exact) mass is 416 g/mol. The molecule has 1 aliphatic rings. The molecule has 0 bridgehead atoms. The first kappa shape index (κ1) is 19.2. The molecule has 1 aliphatic heterocycles. The van der Waals surface area contributed by atoms with Crippen molar-refractivity contribution in [2.24, 2.45) is 0 Å². The van der Waals surface area contributed by atoms with E-state index in [1.165, 1.54) is 15.6 Å². The molecule has 0 aliphatic carbocycles. The van der Waals surface area contributed by atoms with E-state index in [2.05, 4.69) is 10.4 Å². The summed E-state index contributed by atoms with van der Waals surface area (Å²) in [7, 11) is 0. The average Bonchev–Trinajstić information content (AvgIpc) is 3.34. The second kappa shape index (κ2) is 7.73. The van der Waals surface area contributed by atoms with E-state index in [1.807, 2.05) is 0 Å². The van der Waals surface area contributed by atoms with Crippen LogP contribution >= 0.6 is 11.6 Å². The van der Waals surface area contributed by atoms with Crippen molar-refractivity contribution >= 4 is 23.8 Å². The molecule has 148 valence electrons. The van der Waals surface area contributed by atoms with Crippen LogP contribution in [-0.2, 0) is 4.79 Å². The Labute approximate surface area is 169 Å². The Balaban J connectivity index is 1.80. The van der Waals surface area contributed by atoms with Gasteiger partial charge in [-0.05, 0) is 36.4 Å². The van der Waals surface area contributed by atoms with Crippen molar-refractivity contribution in [1.29, 1.82) is 0 Å². The molecular weight excluding hydrogens is 402 g/mol. The molecule has 2 heterocycles. The first-order valence-electron chi connectivity index (χ1n) is 8.75. The Kier molecular flexibility index (Phi) is 5.12. The standard InChI is InChI=1S/C20H15ClF2N4O2/c21-13-2-1-3-17(6-13)27-19(12-4-14(22)7-15(23)5-12)8-18(25-27)20(29)26-9-16(10-28)24-11-26/h1-8,10,16,24H,9,11H2. The summed E-state index contributed by atoms with van der Waals surface area (Å²) in [6.07, 6.45) is 0.735. The Bertz CT molecular complexity index is 1080. The van der Waals surface area contributed by atoms with Gasteiger partial charge in [0.2, 0.25) is 0 Å². The summed E-state index contributed by atoms with van der Waals surface area (Å²) in [5.74, 6) is -1.89. The molecule has 0 spiro atoms. The van der Waals surface area contributed by atoms with Gasteiger partial charge in [0.05, 0.1) is 24.1 Å². The van der Waals surface area contributed by atoms with Crippen molar-refractivity contribution in [3.8, 4) is 16.9 Å². The van der Waals surface area contributed by atoms with E-state index in [9.17, 15) is 18.4 Å². The molecule has 9 heteroatoms. The Morgan fingerprint density at radius 3 is 2.59 bits per heavy atom. The van der Waals surface area contributed by atoms with Crippen LogP contribution in [0.1, 0.15) is 10.5 Å². The molecule has 0 saturated carbocycles. The van der Waals surface area contributed by atoms with Gasteiger partial charge in [0.15, 0.2) is 5.69 Å². The van der Waals surface area contributed by atoms with Gasteiger partial charge >= 0.3 is 0 Å². The SMILES string of the molecule is O=CC1CN(C(=O)c2cc(-c3cc(F)cc(F)c3)n(-c3cccc(Cl)c3)n2)CN1. The summed E-state index contributed by atoms with van der Waals surface area (Å²) in [5.41, 5.74) is 1.16. The number of benzene rings is 2. The third-order valence-corrected chi connectivity index (χ3v) is 4.79. The molecule has 1 saturated heterocycles. The lowest BCUT2D eigenvalue weighted by atomic mass is 10.1. The third kappa shape index (κ3) is 3.90. The van der Waals surface area contributed by atoms with Gasteiger partial charge in [-0.3, -0.25) is 10.1 Å². The smallest absolute Gasteiger partial charge is 0.275 e. The molecule has 6 nitrogen and oxygen atoms in total. The lowest BCUT2D eigenvalue weighted by Gasteiger charge is -2.12. The molecule has 0 radical (unpaired) electrons. The molecule has 4 rings (SSSR count). The van der Waals surface area contributed by atoms with E-state index in [4.69, 9.17) is 11.6 Å². The number of nitrogens with one attached hydrogen (secondary N) is 1. The van der Waals surface area contributed by atoms with Gasteiger partial charge in [-0.1, -0.05) is 17.7 Å². The average molecular weight is 417 g/mol. The quantitative estimate of drug-likeness (QED) is 0.664. The lowest BCUT2D eigenvalue weighted by molar-refractivity contribution is -0.109. The molecule has 2 aromatic carbocycles. The number of rotatable bonds is 4. The summed E-state index contributed by atoms with van der Waals surface area (Å²) in [5, 5.41) is 7.70. The van der Waals surface area contributed by atoms with Gasteiger partial charge in [-0.15, -0.1) is 0 Å². The summed E-state index contributed by atoms with van der Waals surface area (Å²) in [4.78, 5) is 25.2. The molecule has 1 aromatic heterocycles. The fourth-order valence-electron chi connectivity index (χ4n) is 3.20. The molecular formula is C20H15ClF2N4O2. The molecule has 1 fully saturated rings. The Morgan fingerprint density at radius 2 is 1.93 bits per heavy atom. The van der Waals surface area contributed by atoms with Gasteiger partial charge in [-0.25, -0.2) is 13.5 Å². The first-order valence-corrected chi connectivity index (χ1v) is 9.13. The van der Waals surface area contributed by atoms with Crippen molar-refractivity contribution in [2.45, 2.75) is 6.04 Å². The normalized spacial score (nSPS) is 16.2. The predicted octanol–water partition coefficient (Wildman–Crippen LogP) is 3.04. The highest BCUT2D eigenvalue weighted by Gasteiger charge is 2.28. The number of hydrogen-bond acceptors (Lipinski definition) is 4. The highest BCUT2D eigenvalue weighted by atomic mass is 35.5. The maximum atomic E-state index is 13.8. The summed E-state index contributed by atoms with van der Waals surface area (Å²) in [6, 6.07) is 10.8. The highest BCUT2D eigenvalue weighted by Crippen LogP contribution is 2.27. The third-order valence-electron chi connectivity index (χ3n) is 4.55. The van der Waals surface area contributed by atoms with Crippen molar-refractivity contribution in [3.63, 3.8) is 0 Å². The van der Waals surface area contributed by atoms with Crippen molar-refractivity contribution in [2.75, 3.05) is 13.2 Å². The minimum absolute atomic E-state index is 0.0815. The van der Waals surface area contributed by atoms with Gasteiger partial charge in [0, 0.05) is 23.2 Å². The Hall–Kier alpha value is -3.10. The maximum absolute atomic E-state index is 13.8. The molecule has 1 N–H and O–H groups in total. The number of nitrogens with zero attached hydrogens (tertiary/aromatic N) is 3. The summed E-state index contributed by atoms with van der Waals surface area (Å²) >= 11 is 6.07. The largest absolute Gasteiger partial charge is 0.322 e. The summed E-state index contributed by atoms with van der Waals surface area (Å²) < 4.78 is 29.0. The number of halogens is 3. The van der Waals surface area contributed by atoms with Crippen molar-refractivity contribution in [3.05, 3.63) is 70.9 Å². The zero-order valence-electron chi connectivity index (χ0n) is 15.0. The maximum Gasteiger partial charge on any atom is 0.275 e. The van der Waals surface area contributed by atoms with Crippen LogP contribution < -0.4 is 5.32 Å². The van der Waals surface area contributed by atoms with Gasteiger partial charge < -0.3 is 9.69 Å². The van der Waals surface area contributed by atoms with E-state index in [0.717, 1.165) is 24.5 Å². The predicted molar refractivity (Wildman–Crippen MR) is 103 cm³/mol. The van der Waals surface area contributed by atoms with E-state index in [-0.39, 0.29) is 24.5 Å². The van der Waals surface area contributed by atoms with Crippen molar-refractivity contribution < 1.29 is 18.4 Å². The molecule has 1 amide bonds. The van der Waals surface area contributed by atoms with Gasteiger partial charge in [-0.2, -0.15) is 5.10 Å². The molecule has 1 atom stereocenters. The highest BCUT2D eigenvalue weighted by molar-refractivity contribution is 6.30. The van der Waals surface area contributed by atoms with E-state index in [0.29, 0.717) is 16.4 Å². The van der Waals surface area contributed by atoms with Crippen LogP contribution in [-0.4, -0.2) is 46.1 Å². The fourth-order valence-corrected chi connectivity index (χ4v) is 3.38.